The Kier molecular flexibility index (Phi) is 9.63. The van der Waals surface area contributed by atoms with Gasteiger partial charge in [-0.05, 0) is 24.9 Å². The van der Waals surface area contributed by atoms with Crippen LogP contribution in [0.4, 0.5) is 0 Å². The second kappa shape index (κ2) is 10.9. The van der Waals surface area contributed by atoms with Crippen LogP contribution < -0.4 is 10.6 Å². The van der Waals surface area contributed by atoms with Crippen LogP contribution >= 0.6 is 24.8 Å². The molecule has 2 fully saturated rings. The first kappa shape index (κ1) is 21.2. The van der Waals surface area contributed by atoms with Gasteiger partial charge in [0.1, 0.15) is 0 Å². The average Bonchev–Trinajstić information content (AvgIpc) is 3.08. The number of benzene rings is 1. The van der Waals surface area contributed by atoms with Crippen molar-refractivity contribution in [2.75, 3.05) is 32.8 Å². The lowest BCUT2D eigenvalue weighted by Gasteiger charge is -2.33. The van der Waals surface area contributed by atoms with E-state index in [2.05, 4.69) is 39.8 Å². The van der Waals surface area contributed by atoms with Crippen LogP contribution in [0.1, 0.15) is 18.4 Å². The Labute approximate surface area is 156 Å². The van der Waals surface area contributed by atoms with Crippen LogP contribution in [0.5, 0.6) is 0 Å². The number of halogens is 2. The minimum atomic E-state index is -0.0102. The fourth-order valence-electron chi connectivity index (χ4n) is 3.14. The molecule has 2 aliphatic rings. The normalized spacial score (nSPS) is 23.8. The van der Waals surface area contributed by atoms with E-state index in [1.165, 1.54) is 5.56 Å². The second-order valence-corrected chi connectivity index (χ2v) is 6.11. The highest BCUT2D eigenvalue weighted by molar-refractivity contribution is 5.85. The third-order valence-electron chi connectivity index (χ3n) is 4.35. The number of hydrogen-bond acceptors (Lipinski definition) is 4. The third-order valence-corrected chi connectivity index (χ3v) is 4.35. The molecule has 2 atom stereocenters. The maximum Gasteiger partial charge on any atom is 0.237 e. The topological polar surface area (TPSA) is 53.6 Å². The van der Waals surface area contributed by atoms with E-state index in [9.17, 15) is 4.79 Å². The summed E-state index contributed by atoms with van der Waals surface area (Å²) in [6, 6.07) is 10.5. The van der Waals surface area contributed by atoms with Crippen molar-refractivity contribution in [2.24, 2.45) is 0 Å². The first-order valence-electron chi connectivity index (χ1n) is 8.20. The van der Waals surface area contributed by atoms with E-state index in [-0.39, 0.29) is 42.9 Å². The molecule has 0 saturated carbocycles. The van der Waals surface area contributed by atoms with Gasteiger partial charge in [0.25, 0.3) is 0 Å². The fraction of sp³-hybridized carbons (Fsp3) is 0.588. The van der Waals surface area contributed by atoms with Crippen molar-refractivity contribution in [1.29, 1.82) is 0 Å². The van der Waals surface area contributed by atoms with Crippen molar-refractivity contribution in [2.45, 2.75) is 31.5 Å². The summed E-state index contributed by atoms with van der Waals surface area (Å²) in [5.41, 5.74) is 1.32. The zero-order chi connectivity index (χ0) is 15.2. The van der Waals surface area contributed by atoms with Crippen molar-refractivity contribution >= 4 is 30.7 Å². The lowest BCUT2D eigenvalue weighted by molar-refractivity contribution is -0.124. The van der Waals surface area contributed by atoms with Gasteiger partial charge in [0.05, 0.1) is 18.8 Å². The van der Waals surface area contributed by atoms with E-state index in [0.717, 1.165) is 45.6 Å². The molecule has 2 aliphatic heterocycles. The van der Waals surface area contributed by atoms with Crippen LogP contribution in [-0.2, 0) is 16.1 Å². The number of nitrogens with zero attached hydrogens (tertiary/aromatic N) is 1. The van der Waals surface area contributed by atoms with E-state index in [1.807, 2.05) is 6.07 Å². The molecular weight excluding hydrogens is 349 g/mol. The first-order valence-corrected chi connectivity index (χ1v) is 8.20. The molecule has 0 bridgehead atoms. The molecule has 0 radical (unpaired) electrons. The minimum Gasteiger partial charge on any atom is -0.374 e. The molecule has 1 aromatic rings. The number of nitrogens with one attached hydrogen (secondary N) is 2. The number of amides is 1. The summed E-state index contributed by atoms with van der Waals surface area (Å²) in [7, 11) is 0. The highest BCUT2D eigenvalue weighted by Crippen LogP contribution is 2.10. The summed E-state index contributed by atoms with van der Waals surface area (Å²) in [6.45, 7) is 5.04. The Morgan fingerprint density at radius 3 is 2.79 bits per heavy atom. The third kappa shape index (κ3) is 6.22. The van der Waals surface area contributed by atoms with Gasteiger partial charge in [-0.1, -0.05) is 30.3 Å². The monoisotopic (exact) mass is 375 g/mol. The smallest absolute Gasteiger partial charge is 0.237 e. The molecule has 2 N–H and O–H groups in total. The summed E-state index contributed by atoms with van der Waals surface area (Å²) in [4.78, 5) is 14.4. The van der Waals surface area contributed by atoms with Crippen molar-refractivity contribution in [3.05, 3.63) is 35.9 Å². The number of ether oxygens (including phenoxy) is 1. The maximum atomic E-state index is 12.0. The van der Waals surface area contributed by atoms with E-state index < -0.39 is 0 Å². The van der Waals surface area contributed by atoms with Gasteiger partial charge in [-0.2, -0.15) is 0 Å². The van der Waals surface area contributed by atoms with Crippen molar-refractivity contribution in [1.82, 2.24) is 15.5 Å². The van der Waals surface area contributed by atoms with E-state index in [0.29, 0.717) is 6.54 Å². The highest BCUT2D eigenvalue weighted by Gasteiger charge is 2.25. The molecule has 7 heteroatoms. The maximum absolute atomic E-state index is 12.0. The van der Waals surface area contributed by atoms with Crippen LogP contribution in [0.3, 0.4) is 0 Å². The van der Waals surface area contributed by atoms with E-state index >= 15 is 0 Å². The lowest BCUT2D eigenvalue weighted by Crippen LogP contribution is -2.49. The molecule has 5 nitrogen and oxygen atoms in total. The molecule has 3 rings (SSSR count). The summed E-state index contributed by atoms with van der Waals surface area (Å²) in [6.07, 6.45) is 2.11. The van der Waals surface area contributed by atoms with Gasteiger partial charge in [0.2, 0.25) is 5.91 Å². The zero-order valence-electron chi connectivity index (χ0n) is 13.8. The number of hydrogen-bond donors (Lipinski definition) is 2. The molecule has 2 unspecified atom stereocenters. The molecular formula is C17H27Cl2N3O2. The zero-order valence-corrected chi connectivity index (χ0v) is 15.4. The minimum absolute atomic E-state index is 0. The number of rotatable bonds is 5. The van der Waals surface area contributed by atoms with E-state index in [4.69, 9.17) is 4.74 Å². The molecule has 136 valence electrons. The van der Waals surface area contributed by atoms with Crippen LogP contribution in [0, 0.1) is 0 Å². The molecule has 1 amide bonds. The van der Waals surface area contributed by atoms with Crippen molar-refractivity contribution in [3.8, 4) is 0 Å². The first-order chi connectivity index (χ1) is 10.8. The Hall–Kier alpha value is -0.850. The van der Waals surface area contributed by atoms with Crippen molar-refractivity contribution < 1.29 is 9.53 Å². The van der Waals surface area contributed by atoms with Gasteiger partial charge in [-0.3, -0.25) is 9.69 Å². The second-order valence-electron chi connectivity index (χ2n) is 6.11. The molecule has 2 heterocycles. The molecule has 2 saturated heterocycles. The summed E-state index contributed by atoms with van der Waals surface area (Å²) in [5.74, 6) is 0.112. The molecule has 0 spiro atoms. The van der Waals surface area contributed by atoms with Gasteiger partial charge in [0.15, 0.2) is 0 Å². The van der Waals surface area contributed by atoms with Gasteiger partial charge in [-0.15, -0.1) is 24.8 Å². The van der Waals surface area contributed by atoms with Crippen molar-refractivity contribution in [3.63, 3.8) is 0 Å². The predicted molar refractivity (Wildman–Crippen MR) is 100.0 cm³/mol. The number of carbonyl (C=O) groups excluding carboxylic acids is 1. The fourth-order valence-corrected chi connectivity index (χ4v) is 3.14. The van der Waals surface area contributed by atoms with Crippen LogP contribution in [0.15, 0.2) is 30.3 Å². The summed E-state index contributed by atoms with van der Waals surface area (Å²) >= 11 is 0. The van der Waals surface area contributed by atoms with Gasteiger partial charge < -0.3 is 15.4 Å². The number of carbonyl (C=O) groups is 1. The Balaban J connectivity index is 0.00000144. The van der Waals surface area contributed by atoms with Crippen LogP contribution in [-0.4, -0.2) is 55.7 Å². The number of morpholine rings is 1. The summed E-state index contributed by atoms with van der Waals surface area (Å²) in [5, 5.41) is 6.25. The Bertz CT molecular complexity index is 484. The SMILES string of the molecule is Cl.Cl.O=C(NCC1CN(Cc2ccccc2)CCO1)C1CCCN1. The standard InChI is InChI=1S/C17H25N3O2.2ClH/c21-17(16-7-4-8-18-16)19-11-15-13-20(9-10-22-15)12-14-5-2-1-3-6-14;;/h1-3,5-6,15-16,18H,4,7-13H2,(H,19,21);2*1H. The molecule has 24 heavy (non-hydrogen) atoms. The lowest BCUT2D eigenvalue weighted by atomic mass is 10.2. The van der Waals surface area contributed by atoms with Gasteiger partial charge in [0, 0.05) is 26.2 Å². The quantitative estimate of drug-likeness (QED) is 0.820. The van der Waals surface area contributed by atoms with Crippen LogP contribution in [0.2, 0.25) is 0 Å². The molecule has 0 aliphatic carbocycles. The molecule has 1 aromatic carbocycles. The van der Waals surface area contributed by atoms with Crippen LogP contribution in [0.25, 0.3) is 0 Å². The average molecular weight is 376 g/mol. The summed E-state index contributed by atoms with van der Waals surface area (Å²) < 4.78 is 5.78. The van der Waals surface area contributed by atoms with Gasteiger partial charge in [-0.25, -0.2) is 0 Å². The largest absolute Gasteiger partial charge is 0.374 e. The van der Waals surface area contributed by atoms with E-state index in [1.54, 1.807) is 0 Å². The Morgan fingerprint density at radius 1 is 1.29 bits per heavy atom. The molecule has 0 aromatic heterocycles. The van der Waals surface area contributed by atoms with Gasteiger partial charge >= 0.3 is 0 Å². The highest BCUT2D eigenvalue weighted by atomic mass is 35.5. The predicted octanol–water partition coefficient (Wildman–Crippen LogP) is 1.60. The Morgan fingerprint density at radius 2 is 2.08 bits per heavy atom.